The first-order chi connectivity index (χ1) is 9.58. The number of likely N-dealkylation sites (tertiary alicyclic amines) is 1. The molecule has 1 N–H and O–H groups in total. The van der Waals surface area contributed by atoms with Crippen LogP contribution in [-0.2, 0) is 6.54 Å². The second-order valence-corrected chi connectivity index (χ2v) is 5.87. The lowest BCUT2D eigenvalue weighted by Gasteiger charge is -2.21. The van der Waals surface area contributed by atoms with E-state index in [1.165, 1.54) is 12.8 Å². The van der Waals surface area contributed by atoms with Crippen LogP contribution in [0.25, 0.3) is 0 Å². The van der Waals surface area contributed by atoms with Gasteiger partial charge in [-0.2, -0.15) is 4.98 Å². The van der Waals surface area contributed by atoms with Gasteiger partial charge in [-0.15, -0.1) is 24.0 Å². The van der Waals surface area contributed by atoms with Crippen molar-refractivity contribution < 1.29 is 4.52 Å². The monoisotopic (exact) mass is 407 g/mol. The largest absolute Gasteiger partial charge is 0.347 e. The summed E-state index contributed by atoms with van der Waals surface area (Å²) in [6.07, 6.45) is 2.54. The Kier molecular flexibility index (Phi) is 7.41. The Balaban J connectivity index is 0.00000220. The highest BCUT2D eigenvalue weighted by atomic mass is 127. The molecule has 0 amide bonds. The molecule has 0 aromatic carbocycles. The highest BCUT2D eigenvalue weighted by Gasteiger charge is 2.25. The van der Waals surface area contributed by atoms with E-state index in [2.05, 4.69) is 39.2 Å². The fourth-order valence-corrected chi connectivity index (χ4v) is 2.78. The van der Waals surface area contributed by atoms with E-state index in [-0.39, 0.29) is 24.0 Å². The fraction of sp³-hybridized carbons (Fsp3) is 0.786. The van der Waals surface area contributed by atoms with E-state index >= 15 is 0 Å². The lowest BCUT2D eigenvalue weighted by atomic mass is 9.97. The Morgan fingerprint density at radius 2 is 2.29 bits per heavy atom. The molecule has 2 rings (SSSR count). The Hall–Kier alpha value is -0.860. The number of aryl methyl sites for hydroxylation is 1. The molecule has 120 valence electrons. The van der Waals surface area contributed by atoms with Crippen LogP contribution in [-0.4, -0.2) is 41.1 Å². The maximum absolute atomic E-state index is 5.10. The highest BCUT2D eigenvalue weighted by molar-refractivity contribution is 14.0. The average Bonchev–Trinajstić information content (AvgIpc) is 2.99. The van der Waals surface area contributed by atoms with Gasteiger partial charge in [0.05, 0.1) is 6.54 Å². The van der Waals surface area contributed by atoms with Crippen molar-refractivity contribution in [1.82, 2.24) is 20.4 Å². The van der Waals surface area contributed by atoms with Gasteiger partial charge in [-0.25, -0.2) is 0 Å². The van der Waals surface area contributed by atoms with Crippen molar-refractivity contribution in [1.29, 1.82) is 0 Å². The SMILES string of the molecule is CN=C(NCc1nc(C)no1)N1CCC(CC(C)C)C1.I. The van der Waals surface area contributed by atoms with Crippen LogP contribution in [0, 0.1) is 18.8 Å². The lowest BCUT2D eigenvalue weighted by molar-refractivity contribution is 0.366. The minimum absolute atomic E-state index is 0. The van der Waals surface area contributed by atoms with Gasteiger partial charge in [-0.05, 0) is 31.6 Å². The molecule has 7 heteroatoms. The minimum Gasteiger partial charge on any atom is -0.347 e. The summed E-state index contributed by atoms with van der Waals surface area (Å²) in [5, 5.41) is 7.08. The van der Waals surface area contributed by atoms with Crippen LogP contribution in [0.1, 0.15) is 38.4 Å². The molecule has 1 aliphatic rings. The first-order valence-electron chi connectivity index (χ1n) is 7.33. The van der Waals surface area contributed by atoms with E-state index in [1.54, 1.807) is 0 Å². The fourth-order valence-electron chi connectivity index (χ4n) is 2.78. The molecule has 1 fully saturated rings. The number of rotatable bonds is 4. The van der Waals surface area contributed by atoms with Crippen LogP contribution in [0.3, 0.4) is 0 Å². The first kappa shape index (κ1) is 18.2. The molecule has 21 heavy (non-hydrogen) atoms. The van der Waals surface area contributed by atoms with Gasteiger partial charge >= 0.3 is 0 Å². The van der Waals surface area contributed by atoms with Gasteiger partial charge in [0.15, 0.2) is 11.8 Å². The van der Waals surface area contributed by atoms with Crippen molar-refractivity contribution in [2.45, 2.75) is 40.2 Å². The Morgan fingerprint density at radius 3 is 2.86 bits per heavy atom. The number of nitrogens with one attached hydrogen (secondary N) is 1. The maximum atomic E-state index is 5.10. The Labute approximate surface area is 143 Å². The summed E-state index contributed by atoms with van der Waals surface area (Å²) in [7, 11) is 1.82. The van der Waals surface area contributed by atoms with Crippen LogP contribution in [0.4, 0.5) is 0 Å². The van der Waals surface area contributed by atoms with Gasteiger partial charge in [-0.3, -0.25) is 4.99 Å². The van der Waals surface area contributed by atoms with E-state index in [9.17, 15) is 0 Å². The molecule has 0 aliphatic carbocycles. The molecular weight excluding hydrogens is 381 g/mol. The Bertz CT molecular complexity index is 460. The smallest absolute Gasteiger partial charge is 0.246 e. The van der Waals surface area contributed by atoms with E-state index in [0.717, 1.165) is 30.9 Å². The second-order valence-electron chi connectivity index (χ2n) is 5.87. The molecule has 1 aromatic heterocycles. The molecule has 2 heterocycles. The molecule has 0 spiro atoms. The standard InChI is InChI=1S/C14H25N5O.HI/c1-10(2)7-12-5-6-19(9-12)14(15-4)16-8-13-17-11(3)18-20-13;/h10,12H,5-9H2,1-4H3,(H,15,16);1H. The summed E-state index contributed by atoms with van der Waals surface area (Å²) in [5.41, 5.74) is 0. The topological polar surface area (TPSA) is 66.5 Å². The van der Waals surface area contributed by atoms with E-state index in [1.807, 2.05) is 14.0 Å². The number of halogens is 1. The van der Waals surface area contributed by atoms with Crippen LogP contribution in [0.5, 0.6) is 0 Å². The van der Waals surface area contributed by atoms with Crippen molar-refractivity contribution in [3.63, 3.8) is 0 Å². The zero-order valence-electron chi connectivity index (χ0n) is 13.3. The predicted octanol–water partition coefficient (Wildman–Crippen LogP) is 2.44. The predicted molar refractivity (Wildman–Crippen MR) is 93.8 cm³/mol. The first-order valence-corrected chi connectivity index (χ1v) is 7.33. The number of aromatic nitrogens is 2. The van der Waals surface area contributed by atoms with Gasteiger partial charge in [0, 0.05) is 20.1 Å². The molecule has 0 radical (unpaired) electrons. The van der Waals surface area contributed by atoms with Gasteiger partial charge in [-0.1, -0.05) is 19.0 Å². The van der Waals surface area contributed by atoms with Crippen LogP contribution < -0.4 is 5.32 Å². The molecule has 0 saturated carbocycles. The zero-order chi connectivity index (χ0) is 14.5. The molecule has 1 aromatic rings. The normalized spacial score (nSPS) is 19.0. The third-order valence-corrected chi connectivity index (χ3v) is 3.57. The van der Waals surface area contributed by atoms with Gasteiger partial charge < -0.3 is 14.7 Å². The molecular formula is C14H26IN5O. The molecule has 0 bridgehead atoms. The van der Waals surface area contributed by atoms with Gasteiger partial charge in [0.1, 0.15) is 0 Å². The molecule has 1 unspecified atom stereocenters. The van der Waals surface area contributed by atoms with Crippen molar-refractivity contribution in [3.05, 3.63) is 11.7 Å². The molecule has 1 aliphatic heterocycles. The van der Waals surface area contributed by atoms with Crippen molar-refractivity contribution in [2.24, 2.45) is 16.8 Å². The number of nitrogens with zero attached hydrogens (tertiary/aromatic N) is 4. The third-order valence-electron chi connectivity index (χ3n) is 3.57. The zero-order valence-corrected chi connectivity index (χ0v) is 15.6. The summed E-state index contributed by atoms with van der Waals surface area (Å²) < 4.78 is 5.10. The minimum atomic E-state index is 0. The summed E-state index contributed by atoms with van der Waals surface area (Å²) in [6.45, 7) is 9.07. The summed E-state index contributed by atoms with van der Waals surface area (Å²) in [5.74, 6) is 3.72. The number of guanidine groups is 1. The summed E-state index contributed by atoms with van der Waals surface area (Å²) in [4.78, 5) is 10.8. The molecule has 6 nitrogen and oxygen atoms in total. The van der Waals surface area contributed by atoms with Gasteiger partial charge in [0.25, 0.3) is 0 Å². The van der Waals surface area contributed by atoms with E-state index < -0.39 is 0 Å². The molecule has 1 saturated heterocycles. The van der Waals surface area contributed by atoms with Crippen molar-refractivity contribution in [2.75, 3.05) is 20.1 Å². The second kappa shape index (κ2) is 8.55. The maximum Gasteiger partial charge on any atom is 0.246 e. The van der Waals surface area contributed by atoms with Crippen molar-refractivity contribution in [3.8, 4) is 0 Å². The number of hydrogen-bond donors (Lipinski definition) is 1. The van der Waals surface area contributed by atoms with Gasteiger partial charge in [0.2, 0.25) is 5.89 Å². The lowest BCUT2D eigenvalue weighted by Crippen LogP contribution is -2.39. The Morgan fingerprint density at radius 1 is 1.52 bits per heavy atom. The molecule has 1 atom stereocenters. The number of aliphatic imine (C=N–C) groups is 1. The van der Waals surface area contributed by atoms with E-state index in [4.69, 9.17) is 4.52 Å². The van der Waals surface area contributed by atoms with E-state index in [0.29, 0.717) is 18.3 Å². The summed E-state index contributed by atoms with van der Waals surface area (Å²) >= 11 is 0. The third kappa shape index (κ3) is 5.44. The quantitative estimate of drug-likeness (QED) is 0.472. The van der Waals surface area contributed by atoms with Crippen LogP contribution >= 0.6 is 24.0 Å². The highest BCUT2D eigenvalue weighted by Crippen LogP contribution is 2.23. The van der Waals surface area contributed by atoms with Crippen LogP contribution in [0.15, 0.2) is 9.52 Å². The van der Waals surface area contributed by atoms with Crippen molar-refractivity contribution >= 4 is 29.9 Å². The number of hydrogen-bond acceptors (Lipinski definition) is 4. The van der Waals surface area contributed by atoms with Crippen LogP contribution in [0.2, 0.25) is 0 Å². The average molecular weight is 407 g/mol. The summed E-state index contributed by atoms with van der Waals surface area (Å²) in [6, 6.07) is 0.